The number of hydrogen-bond donors (Lipinski definition) is 2. The van der Waals surface area contributed by atoms with Gasteiger partial charge in [-0.2, -0.15) is 12.2 Å². The first-order valence-electron chi connectivity index (χ1n) is 14.6. The number of hydrogen-bond acceptors (Lipinski definition) is 8. The largest absolute Gasteiger partial charge is 0.485 e. The Morgan fingerprint density at radius 2 is 2.00 bits per heavy atom. The van der Waals surface area contributed by atoms with Crippen LogP contribution in [-0.4, -0.2) is 56.3 Å². The molecule has 13 heteroatoms. The number of carboxylic acids is 1. The molecule has 244 valence electrons. The van der Waals surface area contributed by atoms with Crippen molar-refractivity contribution in [2.75, 3.05) is 19.0 Å². The van der Waals surface area contributed by atoms with Crippen molar-refractivity contribution in [1.29, 1.82) is 0 Å². The summed E-state index contributed by atoms with van der Waals surface area (Å²) in [6.45, 7) is 3.64. The number of pyridine rings is 1. The van der Waals surface area contributed by atoms with E-state index in [2.05, 4.69) is 26.8 Å². The number of fused-ring (bicyclic) bond motifs is 1. The number of carboxylic acid groups (broad SMARTS) is 1. The second kappa shape index (κ2) is 14.0. The summed E-state index contributed by atoms with van der Waals surface area (Å²) in [5, 5.41) is 14.4. The van der Waals surface area contributed by atoms with Crippen molar-refractivity contribution in [2.45, 2.75) is 19.1 Å². The Labute approximate surface area is 277 Å². The Hall–Kier alpha value is -5.66. The minimum absolute atomic E-state index is 0.0254. The summed E-state index contributed by atoms with van der Waals surface area (Å²) in [6, 6.07) is 14.2. The molecule has 0 bridgehead atoms. The number of benzene rings is 2. The van der Waals surface area contributed by atoms with E-state index in [9.17, 15) is 19.1 Å². The zero-order valence-corrected chi connectivity index (χ0v) is 26.3. The first-order valence-corrected chi connectivity index (χ1v) is 15.5. The van der Waals surface area contributed by atoms with Gasteiger partial charge in [0.1, 0.15) is 11.6 Å². The summed E-state index contributed by atoms with van der Waals surface area (Å²) in [5.74, 6) is -1.53. The van der Waals surface area contributed by atoms with E-state index in [0.717, 1.165) is 0 Å². The molecule has 0 aliphatic heterocycles. The number of aromatic nitrogens is 4. The average molecular weight is 669 g/mol. The maximum absolute atomic E-state index is 15.7. The van der Waals surface area contributed by atoms with Gasteiger partial charge in [-0.1, -0.05) is 24.1 Å². The molecule has 1 amide bonds. The third-order valence-corrected chi connectivity index (χ3v) is 8.26. The molecular weight excluding hydrogens is 640 g/mol. The van der Waals surface area contributed by atoms with Crippen molar-refractivity contribution in [3.63, 3.8) is 0 Å². The molecule has 0 radical (unpaired) electrons. The quantitative estimate of drug-likeness (QED) is 0.143. The van der Waals surface area contributed by atoms with E-state index < -0.39 is 29.6 Å². The molecule has 3 heterocycles. The summed E-state index contributed by atoms with van der Waals surface area (Å²) in [4.78, 5) is 38.0. The molecule has 0 spiro atoms. The third-order valence-electron chi connectivity index (χ3n) is 7.58. The molecular formula is C35H28F2N5O5S-. The molecule has 0 saturated carbocycles. The van der Waals surface area contributed by atoms with Crippen molar-refractivity contribution in [3.05, 3.63) is 131 Å². The molecule has 0 saturated heterocycles. The van der Waals surface area contributed by atoms with Crippen molar-refractivity contribution in [1.82, 2.24) is 19.5 Å². The van der Waals surface area contributed by atoms with E-state index in [-0.39, 0.29) is 31.0 Å². The number of halogens is 2. The van der Waals surface area contributed by atoms with Crippen LogP contribution in [0.25, 0.3) is 22.3 Å². The standard InChI is InChI=1S/C35H28F2N5O5S/c1-20-6-7-24(25(36)14-20)19-47-32-5-3-4-27(40-32)22-9-8-21(26(37)15-22)17-31-39-28-11-10-23(34(44)45)16-29(28)42(31)18-30(46-2)33(43)41-35-38-12-13-48-35/h3-16,30H,1,17-19H2,2H3,(H,44,45)(H,38,41,43)/q-1/t30-/m0/s1. The van der Waals surface area contributed by atoms with Gasteiger partial charge in [0, 0.05) is 42.6 Å². The molecule has 10 nitrogen and oxygen atoms in total. The maximum Gasteiger partial charge on any atom is 0.335 e. The number of amides is 1. The van der Waals surface area contributed by atoms with Gasteiger partial charge in [0.2, 0.25) is 5.88 Å². The normalized spacial score (nSPS) is 13.4. The minimum atomic E-state index is -1.12. The van der Waals surface area contributed by atoms with Crippen LogP contribution in [0.4, 0.5) is 13.9 Å². The fraction of sp³-hybridized carbons (Fsp3) is 0.143. The van der Waals surface area contributed by atoms with E-state index in [4.69, 9.17) is 9.47 Å². The van der Waals surface area contributed by atoms with Gasteiger partial charge < -0.3 is 19.1 Å². The number of allylic oxidation sites excluding steroid dienone is 3. The Morgan fingerprint density at radius 3 is 2.73 bits per heavy atom. The zero-order chi connectivity index (χ0) is 33.8. The highest BCUT2D eigenvalue weighted by Crippen LogP contribution is 2.28. The van der Waals surface area contributed by atoms with Crippen molar-refractivity contribution in [2.24, 2.45) is 0 Å². The monoisotopic (exact) mass is 668 g/mol. The van der Waals surface area contributed by atoms with Gasteiger partial charge >= 0.3 is 5.97 Å². The molecule has 0 unspecified atom stereocenters. The number of carbonyl (C=O) groups is 2. The number of anilines is 1. The lowest BCUT2D eigenvalue weighted by atomic mass is 10.0. The van der Waals surface area contributed by atoms with E-state index >= 15 is 4.39 Å². The predicted octanol–water partition coefficient (Wildman–Crippen LogP) is 6.57. The molecule has 3 aromatic heterocycles. The van der Waals surface area contributed by atoms with Crippen LogP contribution in [-0.2, 0) is 22.5 Å². The van der Waals surface area contributed by atoms with E-state index in [0.29, 0.717) is 50.3 Å². The number of aromatic carboxylic acids is 1. The van der Waals surface area contributed by atoms with Gasteiger partial charge in [-0.15, -0.1) is 29.6 Å². The van der Waals surface area contributed by atoms with Gasteiger partial charge in [0.05, 0.1) is 35.4 Å². The molecule has 0 fully saturated rings. The molecule has 1 aliphatic carbocycles. The van der Waals surface area contributed by atoms with E-state index in [1.807, 2.05) is 0 Å². The maximum atomic E-state index is 15.7. The van der Waals surface area contributed by atoms with Crippen LogP contribution < -0.4 is 10.1 Å². The fourth-order valence-electron chi connectivity index (χ4n) is 5.08. The number of nitrogens with zero attached hydrogens (tertiary/aromatic N) is 4. The summed E-state index contributed by atoms with van der Waals surface area (Å²) >= 11 is 1.25. The number of thiazole rings is 1. The number of methoxy groups -OCH3 is 1. The Kier molecular flexibility index (Phi) is 9.41. The summed E-state index contributed by atoms with van der Waals surface area (Å²) in [6.07, 6.45) is 5.21. The van der Waals surface area contributed by atoms with Crippen LogP contribution in [0.2, 0.25) is 0 Å². The molecule has 1 aliphatic rings. The Bertz CT molecular complexity index is 2070. The van der Waals surface area contributed by atoms with E-state index in [1.54, 1.807) is 64.7 Å². The lowest BCUT2D eigenvalue weighted by molar-refractivity contribution is -0.126. The van der Waals surface area contributed by atoms with Crippen molar-refractivity contribution >= 4 is 39.4 Å². The fourth-order valence-corrected chi connectivity index (χ4v) is 5.61. The highest BCUT2D eigenvalue weighted by molar-refractivity contribution is 7.13. The minimum Gasteiger partial charge on any atom is -0.485 e. The summed E-state index contributed by atoms with van der Waals surface area (Å²) in [7, 11) is 1.39. The second-order valence-corrected chi connectivity index (χ2v) is 11.7. The third kappa shape index (κ3) is 7.17. The molecule has 6 rings (SSSR count). The predicted molar refractivity (Wildman–Crippen MR) is 177 cm³/mol. The smallest absolute Gasteiger partial charge is 0.335 e. The lowest BCUT2D eigenvalue weighted by Gasteiger charge is -2.23. The van der Waals surface area contributed by atoms with Crippen molar-refractivity contribution in [3.8, 4) is 17.1 Å². The van der Waals surface area contributed by atoms with Crippen molar-refractivity contribution < 1.29 is 33.0 Å². The van der Waals surface area contributed by atoms with Crippen LogP contribution in [0.3, 0.4) is 0 Å². The van der Waals surface area contributed by atoms with Gasteiger partial charge in [0.15, 0.2) is 11.2 Å². The molecule has 1 atom stereocenters. The number of ether oxygens (including phenoxy) is 2. The summed E-state index contributed by atoms with van der Waals surface area (Å²) in [5.41, 5.74) is 2.78. The molecule has 2 N–H and O–H groups in total. The topological polar surface area (TPSA) is 128 Å². The summed E-state index contributed by atoms with van der Waals surface area (Å²) < 4.78 is 42.8. The van der Waals surface area contributed by atoms with Gasteiger partial charge in [-0.3, -0.25) is 10.1 Å². The van der Waals surface area contributed by atoms with E-state index in [1.165, 1.54) is 42.7 Å². The Morgan fingerprint density at radius 1 is 1.15 bits per heavy atom. The van der Waals surface area contributed by atoms with Crippen LogP contribution in [0.5, 0.6) is 5.88 Å². The molecule has 5 aromatic rings. The van der Waals surface area contributed by atoms with Crippen LogP contribution in [0, 0.1) is 11.7 Å². The van der Waals surface area contributed by atoms with Crippen LogP contribution in [0.15, 0.2) is 102 Å². The number of nitrogens with one attached hydrogen (secondary N) is 1. The highest BCUT2D eigenvalue weighted by atomic mass is 32.1. The Balaban J connectivity index is 1.24. The lowest BCUT2D eigenvalue weighted by Crippen LogP contribution is -2.34. The van der Waals surface area contributed by atoms with Crippen LogP contribution >= 0.6 is 11.3 Å². The zero-order valence-electron chi connectivity index (χ0n) is 25.5. The first kappa shape index (κ1) is 32.3. The van der Waals surface area contributed by atoms with Crippen LogP contribution in [0.1, 0.15) is 21.7 Å². The SMILES string of the molecule is C=C1C=C[C-](COc2cccc(-c3ccc(Cc4nc5ccc(C(=O)O)cc5n4C[C@H](OC)C(=O)Nc4nccs4)c(F)c3)n2)C(F)=C1. The van der Waals surface area contributed by atoms with Gasteiger partial charge in [-0.05, 0) is 35.9 Å². The highest BCUT2D eigenvalue weighted by Gasteiger charge is 2.24. The molecule has 48 heavy (non-hydrogen) atoms. The van der Waals surface area contributed by atoms with Gasteiger partial charge in [-0.25, -0.2) is 28.5 Å². The number of carbonyl (C=O) groups excluding carboxylic acids is 1. The molecule has 2 aromatic carbocycles. The number of rotatable bonds is 12. The number of imidazole rings is 1. The first-order chi connectivity index (χ1) is 23.2. The van der Waals surface area contributed by atoms with Gasteiger partial charge in [0.25, 0.3) is 5.91 Å². The second-order valence-electron chi connectivity index (χ2n) is 10.8. The average Bonchev–Trinajstić information content (AvgIpc) is 3.71.